The second kappa shape index (κ2) is 9.46. The number of benzene rings is 1. The number of fused-ring (bicyclic) bond motifs is 2. The number of hydrogen-bond donors (Lipinski definition) is 1. The highest BCUT2D eigenvalue weighted by Gasteiger charge is 2.37. The van der Waals surface area contributed by atoms with E-state index in [0.29, 0.717) is 32.3 Å². The van der Waals surface area contributed by atoms with Gasteiger partial charge in [0.05, 0.1) is 22.8 Å². The van der Waals surface area contributed by atoms with Gasteiger partial charge in [-0.3, -0.25) is 4.79 Å². The molecule has 1 amide bonds. The summed E-state index contributed by atoms with van der Waals surface area (Å²) in [6.45, 7) is 2.13. The molecule has 1 aliphatic carbocycles. The van der Waals surface area contributed by atoms with Gasteiger partial charge in [0.1, 0.15) is 16.8 Å². The highest BCUT2D eigenvalue weighted by Crippen LogP contribution is 2.40. The molecule has 0 bridgehead atoms. The van der Waals surface area contributed by atoms with Crippen molar-refractivity contribution >= 4 is 43.8 Å². The molecule has 0 fully saturated rings. The molecule has 1 aliphatic rings. The van der Waals surface area contributed by atoms with Crippen molar-refractivity contribution in [3.05, 3.63) is 62.2 Å². The number of rotatable bonds is 4. The molecule has 7 nitrogen and oxygen atoms in total. The molecule has 3 aromatic heterocycles. The van der Waals surface area contributed by atoms with Gasteiger partial charge < -0.3 is 10.1 Å². The van der Waals surface area contributed by atoms with Crippen LogP contribution in [0.25, 0.3) is 16.9 Å². The number of carbonyl (C=O) groups excluding carboxylic acids is 1. The van der Waals surface area contributed by atoms with E-state index in [0.717, 1.165) is 35.8 Å². The number of carbonyl (C=O) groups is 1. The minimum atomic E-state index is -4.76. The maximum atomic E-state index is 14.0. The van der Waals surface area contributed by atoms with E-state index in [4.69, 9.17) is 4.74 Å². The van der Waals surface area contributed by atoms with Gasteiger partial charge in [-0.15, -0.1) is 11.3 Å². The molecule has 0 saturated carbocycles. The summed E-state index contributed by atoms with van der Waals surface area (Å²) in [6, 6.07) is 9.48. The van der Waals surface area contributed by atoms with Crippen LogP contribution in [-0.4, -0.2) is 27.6 Å². The molecule has 1 atom stereocenters. The van der Waals surface area contributed by atoms with E-state index in [1.54, 1.807) is 24.3 Å². The van der Waals surface area contributed by atoms with Crippen LogP contribution in [0.4, 0.5) is 18.2 Å². The van der Waals surface area contributed by atoms with E-state index in [2.05, 4.69) is 44.3 Å². The average Bonchev–Trinajstić information content (AvgIpc) is 3.39. The third kappa shape index (κ3) is 4.57. The van der Waals surface area contributed by atoms with Gasteiger partial charge in [-0.25, -0.2) is 9.50 Å². The van der Waals surface area contributed by atoms with E-state index in [1.807, 2.05) is 0 Å². The molecule has 4 aromatic rings. The molecule has 3 heterocycles. The summed E-state index contributed by atoms with van der Waals surface area (Å²) in [5, 5.41) is 16.7. The van der Waals surface area contributed by atoms with Crippen LogP contribution in [0, 0.1) is 17.2 Å². The van der Waals surface area contributed by atoms with E-state index in [-0.39, 0.29) is 21.5 Å². The van der Waals surface area contributed by atoms with Crippen molar-refractivity contribution < 1.29 is 22.7 Å². The molecule has 190 valence electrons. The highest BCUT2D eigenvalue weighted by molar-refractivity contribution is 9.10. The quantitative estimate of drug-likeness (QED) is 0.293. The lowest BCUT2D eigenvalue weighted by Crippen LogP contribution is -2.16. The Morgan fingerprint density at radius 3 is 2.70 bits per heavy atom. The smallest absolute Gasteiger partial charge is 0.433 e. The van der Waals surface area contributed by atoms with Crippen molar-refractivity contribution in [1.82, 2.24) is 14.6 Å². The molecule has 0 aliphatic heterocycles. The summed E-state index contributed by atoms with van der Waals surface area (Å²) >= 11 is 4.57. The first-order chi connectivity index (χ1) is 17.6. The van der Waals surface area contributed by atoms with Crippen LogP contribution in [0.2, 0.25) is 0 Å². The number of ether oxygens (including phenoxy) is 1. The molecule has 12 heteroatoms. The Kier molecular flexibility index (Phi) is 6.45. The summed E-state index contributed by atoms with van der Waals surface area (Å²) < 4.78 is 47.8. The van der Waals surface area contributed by atoms with Crippen molar-refractivity contribution in [2.75, 3.05) is 12.4 Å². The number of anilines is 1. The fourth-order valence-corrected chi connectivity index (χ4v) is 6.24. The normalized spacial score (nSPS) is 15.3. The topological polar surface area (TPSA) is 92.3 Å². The van der Waals surface area contributed by atoms with Crippen molar-refractivity contribution in [1.29, 1.82) is 5.26 Å². The van der Waals surface area contributed by atoms with E-state index in [1.165, 1.54) is 18.4 Å². The highest BCUT2D eigenvalue weighted by atomic mass is 79.9. The number of methoxy groups -OCH3 is 1. The zero-order valence-electron chi connectivity index (χ0n) is 19.6. The Morgan fingerprint density at radius 1 is 1.32 bits per heavy atom. The Hall–Kier alpha value is -3.43. The molecular weight excluding hydrogens is 571 g/mol. The predicted molar refractivity (Wildman–Crippen MR) is 136 cm³/mol. The van der Waals surface area contributed by atoms with Crippen LogP contribution in [0.5, 0.6) is 5.75 Å². The summed E-state index contributed by atoms with van der Waals surface area (Å²) in [4.78, 5) is 18.6. The number of alkyl halides is 3. The standard InChI is InChI=1S/C25H19BrF3N5O2S/c1-12-3-8-15-16(11-30)24(37-18(15)9-12)32-23(35)21-20(26)22-31-17(13-4-6-14(36-2)7-5-13)10-19(25(27,28)29)34(22)33-21/h4-7,10,12H,3,8-9H2,1-2H3,(H,32,35). The summed E-state index contributed by atoms with van der Waals surface area (Å²) in [5.74, 6) is 0.284. The fourth-order valence-electron chi connectivity index (χ4n) is 4.37. The van der Waals surface area contributed by atoms with Crippen molar-refractivity contribution in [2.45, 2.75) is 32.4 Å². The van der Waals surface area contributed by atoms with Crippen LogP contribution in [0.1, 0.15) is 45.5 Å². The number of amides is 1. The number of hydrogen-bond acceptors (Lipinski definition) is 6. The van der Waals surface area contributed by atoms with Crippen molar-refractivity contribution in [3.8, 4) is 23.1 Å². The molecular formula is C25H19BrF3N5O2S. The van der Waals surface area contributed by atoms with Gasteiger partial charge >= 0.3 is 6.18 Å². The fraction of sp³-hybridized carbons (Fsp3) is 0.280. The first-order valence-corrected chi connectivity index (χ1v) is 12.9. The number of aromatic nitrogens is 3. The average molecular weight is 590 g/mol. The van der Waals surface area contributed by atoms with Crippen LogP contribution in [0.15, 0.2) is 34.8 Å². The van der Waals surface area contributed by atoms with Gasteiger partial charge in [0.2, 0.25) is 0 Å². The molecule has 37 heavy (non-hydrogen) atoms. The lowest BCUT2D eigenvalue weighted by Gasteiger charge is -2.17. The van der Waals surface area contributed by atoms with Crippen LogP contribution >= 0.6 is 27.3 Å². The van der Waals surface area contributed by atoms with Crippen molar-refractivity contribution in [2.24, 2.45) is 5.92 Å². The van der Waals surface area contributed by atoms with E-state index >= 15 is 0 Å². The van der Waals surface area contributed by atoms with Gasteiger partial charge in [-0.2, -0.15) is 23.5 Å². The van der Waals surface area contributed by atoms with Gasteiger partial charge in [0, 0.05) is 10.4 Å². The zero-order valence-corrected chi connectivity index (χ0v) is 22.0. The molecule has 1 unspecified atom stereocenters. The molecule has 0 saturated heterocycles. The summed E-state index contributed by atoms with van der Waals surface area (Å²) in [6.07, 6.45) is -2.25. The Morgan fingerprint density at radius 2 is 2.05 bits per heavy atom. The largest absolute Gasteiger partial charge is 0.497 e. The van der Waals surface area contributed by atoms with Crippen LogP contribution in [0.3, 0.4) is 0 Å². The van der Waals surface area contributed by atoms with E-state index in [9.17, 15) is 23.2 Å². The number of halogens is 4. The third-order valence-corrected chi connectivity index (χ3v) is 8.17. The second-order valence-electron chi connectivity index (χ2n) is 8.77. The maximum Gasteiger partial charge on any atom is 0.433 e. The Bertz CT molecular complexity index is 1570. The third-order valence-electron chi connectivity index (χ3n) is 6.27. The van der Waals surface area contributed by atoms with Crippen LogP contribution < -0.4 is 10.1 Å². The lowest BCUT2D eigenvalue weighted by molar-refractivity contribution is -0.142. The monoisotopic (exact) mass is 589 g/mol. The first kappa shape index (κ1) is 25.2. The maximum absolute atomic E-state index is 14.0. The molecule has 1 N–H and O–H groups in total. The number of nitrogens with zero attached hydrogens (tertiary/aromatic N) is 4. The number of nitrogens with one attached hydrogen (secondary N) is 1. The van der Waals surface area contributed by atoms with Gasteiger partial charge in [0.25, 0.3) is 5.91 Å². The first-order valence-electron chi connectivity index (χ1n) is 11.3. The Balaban J connectivity index is 1.57. The van der Waals surface area contributed by atoms with Crippen molar-refractivity contribution in [3.63, 3.8) is 0 Å². The minimum absolute atomic E-state index is 0.0133. The Labute approximate surface area is 222 Å². The lowest BCUT2D eigenvalue weighted by atomic mass is 9.89. The molecule has 1 aromatic carbocycles. The van der Waals surface area contributed by atoms with Gasteiger partial charge in [0.15, 0.2) is 17.0 Å². The summed E-state index contributed by atoms with van der Waals surface area (Å²) in [7, 11) is 1.49. The molecule has 5 rings (SSSR count). The number of nitriles is 1. The van der Waals surface area contributed by atoms with Crippen LogP contribution in [-0.2, 0) is 19.0 Å². The SMILES string of the molecule is COc1ccc(-c2cc(C(F)(F)F)n3nc(C(=O)Nc4sc5c(c4C#N)CCC(C)C5)c(Br)c3n2)cc1. The summed E-state index contributed by atoms with van der Waals surface area (Å²) in [5.41, 5.74) is 0.309. The minimum Gasteiger partial charge on any atom is -0.497 e. The van der Waals surface area contributed by atoms with Gasteiger partial charge in [-0.05, 0) is 77.0 Å². The molecule has 0 spiro atoms. The number of thiophene rings is 1. The predicted octanol–water partition coefficient (Wildman–Crippen LogP) is 6.50. The zero-order chi connectivity index (χ0) is 26.5. The van der Waals surface area contributed by atoms with Gasteiger partial charge in [-0.1, -0.05) is 6.92 Å². The second-order valence-corrected chi connectivity index (χ2v) is 10.7. The molecule has 0 radical (unpaired) electrons. The van der Waals surface area contributed by atoms with E-state index < -0.39 is 17.8 Å².